The second-order valence-electron chi connectivity index (χ2n) is 5.41. The van der Waals surface area contributed by atoms with Crippen LogP contribution in [0.4, 0.5) is 0 Å². The molecule has 3 heterocycles. The zero-order valence-electron chi connectivity index (χ0n) is 10.1. The molecule has 2 unspecified atom stereocenters. The van der Waals surface area contributed by atoms with Crippen molar-refractivity contribution in [3.63, 3.8) is 0 Å². The quantitative estimate of drug-likeness (QED) is 0.684. The molecule has 3 rings (SSSR count). The average molecular weight is 256 g/mol. The smallest absolute Gasteiger partial charge is 0.173 e. The minimum absolute atomic E-state index is 0.129. The highest BCUT2D eigenvalue weighted by Crippen LogP contribution is 2.24. The highest BCUT2D eigenvalue weighted by atomic mass is 32.2. The first kappa shape index (κ1) is 11.7. The molecule has 0 aliphatic carbocycles. The second kappa shape index (κ2) is 4.37. The van der Waals surface area contributed by atoms with Crippen LogP contribution in [0.25, 0.3) is 0 Å². The minimum Gasteiger partial charge on any atom is -0.298 e. The summed E-state index contributed by atoms with van der Waals surface area (Å²) >= 11 is 0. The first-order chi connectivity index (χ1) is 8.14. The van der Waals surface area contributed by atoms with Gasteiger partial charge in [-0.3, -0.25) is 9.80 Å². The molecule has 0 saturated carbocycles. The van der Waals surface area contributed by atoms with E-state index in [1.54, 1.807) is 0 Å². The predicted octanol–water partition coefficient (Wildman–Crippen LogP) is 0.467. The van der Waals surface area contributed by atoms with Crippen LogP contribution in [-0.2, 0) is 9.84 Å². The van der Waals surface area contributed by atoms with E-state index in [1.165, 1.54) is 31.2 Å². The molecule has 0 spiro atoms. The maximum absolute atomic E-state index is 11.4. The van der Waals surface area contributed by atoms with Crippen molar-refractivity contribution in [2.45, 2.75) is 31.3 Å². The third kappa shape index (κ3) is 2.41. The number of piperidine rings is 1. The molecule has 0 aromatic rings. The van der Waals surface area contributed by atoms with Crippen molar-refractivity contribution in [2.75, 3.05) is 31.9 Å². The summed E-state index contributed by atoms with van der Waals surface area (Å²) in [6.45, 7) is 4.40. The van der Waals surface area contributed by atoms with E-state index in [4.69, 9.17) is 0 Å². The molecule has 2 fully saturated rings. The molecule has 2 atom stereocenters. The van der Waals surface area contributed by atoms with Crippen LogP contribution in [0.5, 0.6) is 0 Å². The van der Waals surface area contributed by atoms with E-state index in [-0.39, 0.29) is 6.04 Å². The lowest BCUT2D eigenvalue weighted by atomic mass is 9.99. The number of piperazine rings is 1. The third-order valence-electron chi connectivity index (χ3n) is 4.25. The third-order valence-corrected chi connectivity index (χ3v) is 5.63. The van der Waals surface area contributed by atoms with Crippen molar-refractivity contribution in [1.82, 2.24) is 9.80 Å². The lowest BCUT2D eigenvalue weighted by Crippen LogP contribution is -2.57. The van der Waals surface area contributed by atoms with Gasteiger partial charge in [0, 0.05) is 37.1 Å². The highest BCUT2D eigenvalue weighted by Gasteiger charge is 2.34. The number of nitrogens with zero attached hydrogens (tertiary/aromatic N) is 2. The van der Waals surface area contributed by atoms with Crippen molar-refractivity contribution in [1.29, 1.82) is 0 Å². The van der Waals surface area contributed by atoms with Crippen LogP contribution in [0.15, 0.2) is 11.5 Å². The summed E-state index contributed by atoms with van der Waals surface area (Å²) in [5.74, 6) is 0.291. The van der Waals surface area contributed by atoms with E-state index in [0.717, 1.165) is 19.6 Å². The SMILES string of the molecule is O=S1(=O)C=CC(N2CCN3CCCCC3C2)C1. The Morgan fingerprint density at radius 3 is 2.65 bits per heavy atom. The van der Waals surface area contributed by atoms with E-state index < -0.39 is 9.84 Å². The van der Waals surface area contributed by atoms with Crippen LogP contribution in [0.3, 0.4) is 0 Å². The fourth-order valence-electron chi connectivity index (χ4n) is 3.27. The Bertz CT molecular complexity index is 418. The van der Waals surface area contributed by atoms with E-state index in [1.807, 2.05) is 6.08 Å². The van der Waals surface area contributed by atoms with E-state index in [2.05, 4.69) is 9.80 Å². The first-order valence-corrected chi connectivity index (χ1v) is 8.25. The standard InChI is InChI=1S/C12H20N2O2S/c15-17(16)8-4-12(10-17)14-7-6-13-5-2-1-3-11(13)9-14/h4,8,11-12H,1-3,5-7,9-10H2. The summed E-state index contributed by atoms with van der Waals surface area (Å²) < 4.78 is 22.9. The monoisotopic (exact) mass is 256 g/mol. The van der Waals surface area contributed by atoms with Gasteiger partial charge in [-0.15, -0.1) is 0 Å². The van der Waals surface area contributed by atoms with Crippen LogP contribution in [0, 0.1) is 0 Å². The zero-order chi connectivity index (χ0) is 11.9. The summed E-state index contributed by atoms with van der Waals surface area (Å²) in [5, 5.41) is 1.39. The molecular formula is C12H20N2O2S. The summed E-state index contributed by atoms with van der Waals surface area (Å²) in [4.78, 5) is 4.93. The van der Waals surface area contributed by atoms with Gasteiger partial charge in [-0.25, -0.2) is 8.42 Å². The zero-order valence-corrected chi connectivity index (χ0v) is 10.9. The van der Waals surface area contributed by atoms with Gasteiger partial charge in [0.1, 0.15) is 0 Å². The molecule has 3 aliphatic heterocycles. The molecular weight excluding hydrogens is 236 g/mol. The fourth-order valence-corrected chi connectivity index (χ4v) is 4.60. The lowest BCUT2D eigenvalue weighted by Gasteiger charge is -2.45. The Morgan fingerprint density at radius 1 is 1.06 bits per heavy atom. The molecule has 0 amide bonds. The number of hydrogen-bond acceptors (Lipinski definition) is 4. The first-order valence-electron chi connectivity index (χ1n) is 6.53. The van der Waals surface area contributed by atoms with Crippen LogP contribution in [-0.4, -0.2) is 62.2 Å². The van der Waals surface area contributed by atoms with Crippen molar-refractivity contribution < 1.29 is 8.42 Å². The Morgan fingerprint density at radius 2 is 1.88 bits per heavy atom. The van der Waals surface area contributed by atoms with Crippen molar-refractivity contribution in [3.05, 3.63) is 11.5 Å². The maximum Gasteiger partial charge on any atom is 0.173 e. The van der Waals surface area contributed by atoms with Crippen LogP contribution < -0.4 is 0 Å². The largest absolute Gasteiger partial charge is 0.298 e. The van der Waals surface area contributed by atoms with E-state index >= 15 is 0 Å². The molecule has 0 aromatic carbocycles. The Hall–Kier alpha value is -0.390. The summed E-state index contributed by atoms with van der Waals surface area (Å²) in [6, 6.07) is 0.790. The molecule has 2 saturated heterocycles. The van der Waals surface area contributed by atoms with Crippen molar-refractivity contribution in [3.8, 4) is 0 Å². The minimum atomic E-state index is -2.91. The number of rotatable bonds is 1. The van der Waals surface area contributed by atoms with Gasteiger partial charge in [0.2, 0.25) is 0 Å². The van der Waals surface area contributed by atoms with Gasteiger partial charge in [-0.2, -0.15) is 0 Å². The Balaban J connectivity index is 1.65. The molecule has 17 heavy (non-hydrogen) atoms. The van der Waals surface area contributed by atoms with E-state index in [0.29, 0.717) is 11.8 Å². The lowest BCUT2D eigenvalue weighted by molar-refractivity contribution is 0.0409. The van der Waals surface area contributed by atoms with Crippen LogP contribution >= 0.6 is 0 Å². The molecule has 0 radical (unpaired) electrons. The van der Waals surface area contributed by atoms with Crippen molar-refractivity contribution >= 4 is 9.84 Å². The summed E-state index contributed by atoms with van der Waals surface area (Å²) in [6.07, 6.45) is 5.80. The van der Waals surface area contributed by atoms with Gasteiger partial charge in [0.15, 0.2) is 9.84 Å². The van der Waals surface area contributed by atoms with Crippen molar-refractivity contribution in [2.24, 2.45) is 0 Å². The fraction of sp³-hybridized carbons (Fsp3) is 0.833. The maximum atomic E-state index is 11.4. The van der Waals surface area contributed by atoms with Gasteiger partial charge in [-0.1, -0.05) is 12.5 Å². The predicted molar refractivity (Wildman–Crippen MR) is 67.5 cm³/mol. The number of sulfone groups is 1. The molecule has 0 aromatic heterocycles. The average Bonchev–Trinajstić information content (AvgIpc) is 2.69. The van der Waals surface area contributed by atoms with Gasteiger partial charge in [-0.05, 0) is 19.4 Å². The van der Waals surface area contributed by atoms with E-state index in [9.17, 15) is 8.42 Å². The topological polar surface area (TPSA) is 40.6 Å². The number of fused-ring (bicyclic) bond motifs is 1. The van der Waals surface area contributed by atoms with Gasteiger partial charge < -0.3 is 0 Å². The summed E-state index contributed by atoms with van der Waals surface area (Å²) in [7, 11) is -2.91. The Kier molecular flexibility index (Phi) is 3.00. The van der Waals surface area contributed by atoms with Crippen LogP contribution in [0.2, 0.25) is 0 Å². The second-order valence-corrected chi connectivity index (χ2v) is 7.34. The molecule has 3 aliphatic rings. The molecule has 4 nitrogen and oxygen atoms in total. The normalized spacial score (nSPS) is 38.1. The van der Waals surface area contributed by atoms with Gasteiger partial charge >= 0.3 is 0 Å². The molecule has 0 N–H and O–H groups in total. The van der Waals surface area contributed by atoms with Gasteiger partial charge in [0.25, 0.3) is 0 Å². The number of hydrogen-bond donors (Lipinski definition) is 0. The molecule has 0 bridgehead atoms. The highest BCUT2D eigenvalue weighted by molar-refractivity contribution is 7.94. The van der Waals surface area contributed by atoms with Crippen LogP contribution in [0.1, 0.15) is 19.3 Å². The van der Waals surface area contributed by atoms with Gasteiger partial charge in [0.05, 0.1) is 5.75 Å². The summed E-state index contributed by atoms with van der Waals surface area (Å²) in [5.41, 5.74) is 0. The Labute approximate surface area is 103 Å². The molecule has 96 valence electrons. The molecule has 5 heteroatoms.